The van der Waals surface area contributed by atoms with Gasteiger partial charge in [0.05, 0.1) is 42.9 Å². The molecule has 2 aromatic rings. The second-order valence-corrected chi connectivity index (χ2v) is 11.9. The van der Waals surface area contributed by atoms with Crippen LogP contribution in [0.25, 0.3) is 0 Å². The molecule has 196 valence electrons. The summed E-state index contributed by atoms with van der Waals surface area (Å²) in [7, 11) is 1.57. The van der Waals surface area contributed by atoms with E-state index in [1.165, 1.54) is 4.90 Å². The molecule has 5 rings (SSSR count). The average molecular weight is 525 g/mol. The van der Waals surface area contributed by atoms with Crippen LogP contribution in [0.3, 0.4) is 0 Å². The second-order valence-electron chi connectivity index (χ2n) is 10.1. The maximum absolute atomic E-state index is 14.3. The third-order valence-corrected chi connectivity index (χ3v) is 10.0. The standard InChI is InChI=1S/C28H32N2O6S/c1-4-36-26(34)22-21-25(33)30(20(16-31)17-8-6-5-7-9-17)23(28(21)15-14-27(22,2)37-28)24(32)29-18-10-12-19(35-3)13-11-18/h5-13,20-23,31H,4,14-16H2,1-3H3,(H,29,32)/t20-,21+,22-,23?,27+,28?/m1/s1. The Kier molecular flexibility index (Phi) is 6.70. The molecule has 2 bridgehead atoms. The zero-order valence-corrected chi connectivity index (χ0v) is 22.0. The van der Waals surface area contributed by atoms with E-state index in [9.17, 15) is 19.5 Å². The van der Waals surface area contributed by atoms with E-state index in [0.29, 0.717) is 24.3 Å². The average Bonchev–Trinajstić information content (AvgIpc) is 3.47. The molecular weight excluding hydrogens is 492 g/mol. The lowest BCUT2D eigenvalue weighted by molar-refractivity contribution is -0.155. The Hall–Kier alpha value is -3.04. The molecule has 3 aliphatic heterocycles. The van der Waals surface area contributed by atoms with Gasteiger partial charge in [-0.15, -0.1) is 11.8 Å². The summed E-state index contributed by atoms with van der Waals surface area (Å²) < 4.78 is 9.35. The van der Waals surface area contributed by atoms with Crippen molar-refractivity contribution in [2.24, 2.45) is 11.8 Å². The number of thioether (sulfide) groups is 1. The van der Waals surface area contributed by atoms with Gasteiger partial charge in [0, 0.05) is 10.4 Å². The Morgan fingerprint density at radius 1 is 1.16 bits per heavy atom. The number of nitrogens with one attached hydrogen (secondary N) is 1. The number of fused-ring (bicyclic) bond motifs is 1. The van der Waals surface area contributed by atoms with E-state index in [4.69, 9.17) is 9.47 Å². The first-order valence-electron chi connectivity index (χ1n) is 12.6. The first-order chi connectivity index (χ1) is 17.8. The number of rotatable bonds is 8. The van der Waals surface area contributed by atoms with Crippen LogP contribution in [0.1, 0.15) is 38.3 Å². The number of methoxy groups -OCH3 is 1. The molecule has 2 unspecified atom stereocenters. The van der Waals surface area contributed by atoms with Crippen molar-refractivity contribution in [3.8, 4) is 5.75 Å². The fraction of sp³-hybridized carbons (Fsp3) is 0.464. The Morgan fingerprint density at radius 3 is 2.49 bits per heavy atom. The summed E-state index contributed by atoms with van der Waals surface area (Å²) in [4.78, 5) is 43.0. The van der Waals surface area contributed by atoms with Crippen molar-refractivity contribution >= 4 is 35.2 Å². The van der Waals surface area contributed by atoms with E-state index in [1.807, 2.05) is 37.3 Å². The molecule has 1 spiro atoms. The number of aliphatic hydroxyl groups is 1. The summed E-state index contributed by atoms with van der Waals surface area (Å²) >= 11 is 1.57. The van der Waals surface area contributed by atoms with Gasteiger partial charge in [0.25, 0.3) is 0 Å². The third-order valence-electron chi connectivity index (χ3n) is 8.05. The molecule has 0 radical (unpaired) electrons. The Balaban J connectivity index is 1.59. The van der Waals surface area contributed by atoms with E-state index in [-0.39, 0.29) is 25.0 Å². The van der Waals surface area contributed by atoms with Gasteiger partial charge in [-0.1, -0.05) is 30.3 Å². The molecule has 3 heterocycles. The van der Waals surface area contributed by atoms with Gasteiger partial charge in [-0.2, -0.15) is 0 Å². The summed E-state index contributed by atoms with van der Waals surface area (Å²) in [6.45, 7) is 3.62. The lowest BCUT2D eigenvalue weighted by atomic mass is 9.66. The Morgan fingerprint density at radius 2 is 1.86 bits per heavy atom. The number of anilines is 1. The van der Waals surface area contributed by atoms with Gasteiger partial charge in [0.15, 0.2) is 0 Å². The van der Waals surface area contributed by atoms with Gasteiger partial charge in [0.1, 0.15) is 11.8 Å². The predicted molar refractivity (Wildman–Crippen MR) is 140 cm³/mol. The largest absolute Gasteiger partial charge is 0.497 e. The molecule has 0 saturated carbocycles. The maximum Gasteiger partial charge on any atom is 0.311 e. The topological polar surface area (TPSA) is 105 Å². The highest BCUT2D eigenvalue weighted by molar-refractivity contribution is 8.02. The quantitative estimate of drug-likeness (QED) is 0.510. The smallest absolute Gasteiger partial charge is 0.311 e. The number of benzene rings is 2. The fourth-order valence-corrected chi connectivity index (χ4v) is 8.83. The zero-order chi connectivity index (χ0) is 26.4. The molecule has 2 amide bonds. The molecule has 0 aliphatic carbocycles. The number of amides is 2. The van der Waals surface area contributed by atoms with Crippen LogP contribution in [0.2, 0.25) is 0 Å². The van der Waals surface area contributed by atoms with Crippen LogP contribution in [-0.2, 0) is 19.1 Å². The molecule has 3 fully saturated rings. The van der Waals surface area contributed by atoms with E-state index >= 15 is 0 Å². The summed E-state index contributed by atoms with van der Waals surface area (Å²) in [6.07, 6.45) is 1.31. The Labute approximate surface area is 220 Å². The van der Waals surface area contributed by atoms with Crippen molar-refractivity contribution in [1.82, 2.24) is 4.90 Å². The molecule has 0 aromatic heterocycles. The van der Waals surface area contributed by atoms with Gasteiger partial charge >= 0.3 is 5.97 Å². The number of carbonyl (C=O) groups excluding carboxylic acids is 3. The van der Waals surface area contributed by atoms with E-state index in [2.05, 4.69) is 5.32 Å². The van der Waals surface area contributed by atoms with Gasteiger partial charge in [-0.25, -0.2) is 0 Å². The molecule has 6 atom stereocenters. The van der Waals surface area contributed by atoms with Crippen LogP contribution in [0.4, 0.5) is 5.69 Å². The van der Waals surface area contributed by atoms with E-state index in [1.54, 1.807) is 50.1 Å². The van der Waals surface area contributed by atoms with Crippen molar-refractivity contribution in [2.45, 2.75) is 48.3 Å². The molecule has 8 nitrogen and oxygen atoms in total. The fourth-order valence-electron chi connectivity index (χ4n) is 6.50. The molecule has 3 aliphatic rings. The van der Waals surface area contributed by atoms with E-state index in [0.717, 1.165) is 5.56 Å². The van der Waals surface area contributed by atoms with Crippen LogP contribution in [0.5, 0.6) is 5.75 Å². The lowest BCUT2D eigenvalue weighted by Crippen LogP contribution is -2.52. The highest BCUT2D eigenvalue weighted by Gasteiger charge is 2.78. The monoisotopic (exact) mass is 524 g/mol. The Bertz CT molecular complexity index is 1190. The zero-order valence-electron chi connectivity index (χ0n) is 21.2. The van der Waals surface area contributed by atoms with Crippen LogP contribution in [-0.4, -0.2) is 63.6 Å². The van der Waals surface area contributed by atoms with Crippen molar-refractivity contribution in [1.29, 1.82) is 0 Å². The van der Waals surface area contributed by atoms with Crippen LogP contribution >= 0.6 is 11.8 Å². The minimum atomic E-state index is -0.879. The highest BCUT2D eigenvalue weighted by Crippen LogP contribution is 2.72. The third kappa shape index (κ3) is 3.99. The SMILES string of the molecule is CCOC(=O)[C@H]1[C@H]2C(=O)N([C@H](CO)c3ccccc3)C(C(=O)Nc3ccc(OC)cc3)C23CC[C@]1(C)S3. The van der Waals surface area contributed by atoms with Crippen LogP contribution in [0, 0.1) is 11.8 Å². The van der Waals surface area contributed by atoms with Crippen molar-refractivity contribution in [2.75, 3.05) is 25.6 Å². The second kappa shape index (κ2) is 9.68. The summed E-state index contributed by atoms with van der Waals surface area (Å²) in [5, 5.41) is 13.5. The molecule has 9 heteroatoms. The molecule has 2 aromatic carbocycles. The number of carbonyl (C=O) groups is 3. The number of ether oxygens (including phenoxy) is 2. The minimum Gasteiger partial charge on any atom is -0.497 e. The van der Waals surface area contributed by atoms with Gasteiger partial charge in [-0.05, 0) is 56.5 Å². The number of aliphatic hydroxyl groups excluding tert-OH is 1. The van der Waals surface area contributed by atoms with Crippen molar-refractivity contribution in [3.63, 3.8) is 0 Å². The van der Waals surface area contributed by atoms with Crippen molar-refractivity contribution < 1.29 is 29.0 Å². The summed E-state index contributed by atoms with van der Waals surface area (Å²) in [5.74, 6) is -1.72. The first kappa shape index (κ1) is 25.6. The number of hydrogen-bond acceptors (Lipinski definition) is 7. The maximum atomic E-state index is 14.3. The molecular formula is C28H32N2O6S. The predicted octanol–water partition coefficient (Wildman–Crippen LogP) is 3.41. The van der Waals surface area contributed by atoms with Gasteiger partial charge in [0.2, 0.25) is 11.8 Å². The number of nitrogens with zero attached hydrogens (tertiary/aromatic N) is 1. The number of likely N-dealkylation sites (tertiary alicyclic amines) is 1. The van der Waals surface area contributed by atoms with Gasteiger partial charge < -0.3 is 24.8 Å². The summed E-state index contributed by atoms with van der Waals surface area (Å²) in [6, 6.07) is 14.6. The van der Waals surface area contributed by atoms with Gasteiger partial charge in [-0.3, -0.25) is 14.4 Å². The molecule has 37 heavy (non-hydrogen) atoms. The van der Waals surface area contributed by atoms with Crippen LogP contribution < -0.4 is 10.1 Å². The van der Waals surface area contributed by atoms with E-state index < -0.39 is 39.4 Å². The lowest BCUT2D eigenvalue weighted by Gasteiger charge is -2.37. The van der Waals surface area contributed by atoms with Crippen molar-refractivity contribution in [3.05, 3.63) is 60.2 Å². The summed E-state index contributed by atoms with van der Waals surface area (Å²) in [5.41, 5.74) is 1.31. The highest BCUT2D eigenvalue weighted by atomic mass is 32.2. The molecule has 2 N–H and O–H groups in total. The number of esters is 1. The first-order valence-corrected chi connectivity index (χ1v) is 13.4. The minimum absolute atomic E-state index is 0.221. The molecule has 3 saturated heterocycles. The van der Waals surface area contributed by atoms with Crippen LogP contribution in [0.15, 0.2) is 54.6 Å². The number of hydrogen-bond donors (Lipinski definition) is 2. The normalized spacial score (nSPS) is 30.6.